The van der Waals surface area contributed by atoms with E-state index < -0.39 is 5.97 Å². The Morgan fingerprint density at radius 2 is 1.64 bits per heavy atom. The third-order valence-electron chi connectivity index (χ3n) is 4.43. The van der Waals surface area contributed by atoms with Crippen LogP contribution in [-0.2, 0) is 11.2 Å². The molecule has 0 radical (unpaired) electrons. The Kier molecular flexibility index (Phi) is 10.6. The van der Waals surface area contributed by atoms with Crippen molar-refractivity contribution in [2.75, 3.05) is 7.11 Å². The summed E-state index contributed by atoms with van der Waals surface area (Å²) in [6.07, 6.45) is 10.4. The Morgan fingerprint density at radius 1 is 0.960 bits per heavy atom. The standard InChI is InChI=1S/C21H32O4/c1-3-4-5-6-7-8-9-11-17-14-15-20(25-2)18(16-17)19(22)12-10-13-21(23)24/h14-16H,3-13H2,1-2H3,(H,23,24). The van der Waals surface area contributed by atoms with Crippen LogP contribution >= 0.6 is 0 Å². The van der Waals surface area contributed by atoms with Gasteiger partial charge in [0.05, 0.1) is 12.7 Å². The summed E-state index contributed by atoms with van der Waals surface area (Å²) in [4.78, 5) is 23.0. The van der Waals surface area contributed by atoms with Crippen molar-refractivity contribution in [1.82, 2.24) is 0 Å². The Balaban J connectivity index is 2.50. The van der Waals surface area contributed by atoms with Crippen LogP contribution in [0.3, 0.4) is 0 Å². The van der Waals surface area contributed by atoms with E-state index in [0.717, 1.165) is 18.4 Å². The number of aryl methyl sites for hydroxylation is 1. The SMILES string of the molecule is CCCCCCCCCc1ccc(OC)c(C(=O)CCCC(=O)O)c1. The van der Waals surface area contributed by atoms with Crippen LogP contribution in [-0.4, -0.2) is 24.0 Å². The average Bonchev–Trinajstić information content (AvgIpc) is 2.60. The molecule has 0 heterocycles. The first-order valence-electron chi connectivity index (χ1n) is 9.50. The van der Waals surface area contributed by atoms with Gasteiger partial charge < -0.3 is 9.84 Å². The molecule has 0 saturated carbocycles. The number of carboxylic acids is 1. The van der Waals surface area contributed by atoms with Crippen LogP contribution in [0.4, 0.5) is 0 Å². The van der Waals surface area contributed by atoms with Gasteiger partial charge in [0.15, 0.2) is 5.78 Å². The van der Waals surface area contributed by atoms with E-state index in [1.165, 1.54) is 38.5 Å². The number of unbranched alkanes of at least 4 members (excludes halogenated alkanes) is 6. The summed E-state index contributed by atoms with van der Waals surface area (Å²) in [5.74, 6) is -0.337. The van der Waals surface area contributed by atoms with Gasteiger partial charge in [-0.1, -0.05) is 51.5 Å². The second-order valence-corrected chi connectivity index (χ2v) is 6.58. The molecule has 0 saturated heterocycles. The number of carbonyl (C=O) groups is 2. The van der Waals surface area contributed by atoms with E-state index in [2.05, 4.69) is 6.92 Å². The largest absolute Gasteiger partial charge is 0.496 e. The van der Waals surface area contributed by atoms with Crippen LogP contribution in [0.5, 0.6) is 5.75 Å². The second kappa shape index (κ2) is 12.5. The van der Waals surface area contributed by atoms with Crippen LogP contribution in [0.15, 0.2) is 18.2 Å². The lowest BCUT2D eigenvalue weighted by atomic mass is 9.98. The van der Waals surface area contributed by atoms with Gasteiger partial charge in [0.2, 0.25) is 0 Å². The topological polar surface area (TPSA) is 63.6 Å². The minimum atomic E-state index is -0.868. The Labute approximate surface area is 151 Å². The zero-order valence-electron chi connectivity index (χ0n) is 15.7. The Morgan fingerprint density at radius 3 is 2.28 bits per heavy atom. The van der Waals surface area contributed by atoms with Gasteiger partial charge in [-0.25, -0.2) is 0 Å². The zero-order valence-corrected chi connectivity index (χ0v) is 15.7. The Hall–Kier alpha value is -1.84. The van der Waals surface area contributed by atoms with E-state index in [9.17, 15) is 9.59 Å². The molecule has 25 heavy (non-hydrogen) atoms. The van der Waals surface area contributed by atoms with Gasteiger partial charge in [0, 0.05) is 12.8 Å². The summed E-state index contributed by atoms with van der Waals surface area (Å²) >= 11 is 0. The molecule has 0 aromatic heterocycles. The van der Waals surface area contributed by atoms with Crippen molar-refractivity contribution in [2.45, 2.75) is 77.6 Å². The highest BCUT2D eigenvalue weighted by Gasteiger charge is 2.13. The molecule has 0 amide bonds. The lowest BCUT2D eigenvalue weighted by molar-refractivity contribution is -0.137. The zero-order chi connectivity index (χ0) is 18.5. The van der Waals surface area contributed by atoms with Gasteiger partial charge in [-0.05, 0) is 37.0 Å². The second-order valence-electron chi connectivity index (χ2n) is 6.58. The first-order valence-corrected chi connectivity index (χ1v) is 9.50. The number of Topliss-reactive ketones (excluding diaryl/α,β-unsaturated/α-hetero) is 1. The van der Waals surface area contributed by atoms with Crippen LogP contribution in [0.2, 0.25) is 0 Å². The predicted octanol–water partition coefficient (Wildman–Crippen LogP) is 5.43. The maximum absolute atomic E-state index is 12.4. The summed E-state index contributed by atoms with van der Waals surface area (Å²) < 4.78 is 5.29. The fourth-order valence-corrected chi connectivity index (χ4v) is 2.95. The van der Waals surface area contributed by atoms with Crippen molar-refractivity contribution in [3.8, 4) is 5.75 Å². The summed E-state index contributed by atoms with van der Waals surface area (Å²) in [6.45, 7) is 2.23. The van der Waals surface area contributed by atoms with Gasteiger partial charge >= 0.3 is 5.97 Å². The molecule has 4 heteroatoms. The van der Waals surface area contributed by atoms with E-state index in [4.69, 9.17) is 9.84 Å². The maximum atomic E-state index is 12.4. The van der Waals surface area contributed by atoms with Crippen LogP contribution in [0, 0.1) is 0 Å². The molecule has 140 valence electrons. The average molecular weight is 348 g/mol. The molecular weight excluding hydrogens is 316 g/mol. The van der Waals surface area contributed by atoms with Gasteiger partial charge in [-0.2, -0.15) is 0 Å². The Bertz CT molecular complexity index is 537. The van der Waals surface area contributed by atoms with Gasteiger partial charge in [0.25, 0.3) is 0 Å². The van der Waals surface area contributed by atoms with Crippen LogP contribution < -0.4 is 4.74 Å². The van der Waals surface area contributed by atoms with E-state index >= 15 is 0 Å². The highest BCUT2D eigenvalue weighted by Crippen LogP contribution is 2.23. The lowest BCUT2D eigenvalue weighted by Gasteiger charge is -2.10. The minimum absolute atomic E-state index is 0.0196. The van der Waals surface area contributed by atoms with Gasteiger partial charge in [0.1, 0.15) is 5.75 Å². The minimum Gasteiger partial charge on any atom is -0.496 e. The van der Waals surface area contributed by atoms with E-state index in [1.807, 2.05) is 18.2 Å². The number of aliphatic carboxylic acids is 1. The molecule has 1 aromatic carbocycles. The maximum Gasteiger partial charge on any atom is 0.303 e. The molecule has 0 aliphatic rings. The monoisotopic (exact) mass is 348 g/mol. The number of ether oxygens (including phenoxy) is 1. The summed E-state index contributed by atoms with van der Waals surface area (Å²) in [7, 11) is 1.55. The third-order valence-corrected chi connectivity index (χ3v) is 4.43. The normalized spacial score (nSPS) is 10.6. The molecule has 0 unspecified atom stereocenters. The molecular formula is C21H32O4. The fraction of sp³-hybridized carbons (Fsp3) is 0.619. The van der Waals surface area contributed by atoms with Crippen molar-refractivity contribution in [2.24, 2.45) is 0 Å². The number of carboxylic acid groups (broad SMARTS) is 1. The number of methoxy groups -OCH3 is 1. The molecule has 0 bridgehead atoms. The van der Waals surface area contributed by atoms with Crippen molar-refractivity contribution < 1.29 is 19.4 Å². The van der Waals surface area contributed by atoms with Crippen LogP contribution in [0.25, 0.3) is 0 Å². The number of hydrogen-bond donors (Lipinski definition) is 1. The smallest absolute Gasteiger partial charge is 0.303 e. The van der Waals surface area contributed by atoms with Crippen LogP contribution in [0.1, 0.15) is 87.1 Å². The quantitative estimate of drug-likeness (QED) is 0.360. The van der Waals surface area contributed by atoms with E-state index in [1.54, 1.807) is 7.11 Å². The molecule has 1 aromatic rings. The highest BCUT2D eigenvalue weighted by molar-refractivity contribution is 5.99. The van der Waals surface area contributed by atoms with Crippen molar-refractivity contribution in [3.05, 3.63) is 29.3 Å². The van der Waals surface area contributed by atoms with E-state index in [-0.39, 0.29) is 18.6 Å². The molecule has 0 spiro atoms. The van der Waals surface area contributed by atoms with Crippen molar-refractivity contribution in [1.29, 1.82) is 0 Å². The van der Waals surface area contributed by atoms with Gasteiger partial charge in [-0.15, -0.1) is 0 Å². The third kappa shape index (κ3) is 8.71. The molecule has 0 aliphatic carbocycles. The highest BCUT2D eigenvalue weighted by atomic mass is 16.5. The molecule has 1 rings (SSSR count). The molecule has 1 N–H and O–H groups in total. The number of carbonyl (C=O) groups excluding carboxylic acids is 1. The predicted molar refractivity (Wildman–Crippen MR) is 101 cm³/mol. The van der Waals surface area contributed by atoms with Gasteiger partial charge in [-0.3, -0.25) is 9.59 Å². The lowest BCUT2D eigenvalue weighted by Crippen LogP contribution is -2.05. The molecule has 4 nitrogen and oxygen atoms in total. The fourth-order valence-electron chi connectivity index (χ4n) is 2.95. The summed E-state index contributed by atoms with van der Waals surface area (Å²) in [6, 6.07) is 5.78. The first kappa shape index (κ1) is 21.2. The molecule has 0 aliphatic heterocycles. The van der Waals surface area contributed by atoms with Crippen molar-refractivity contribution >= 4 is 11.8 Å². The number of hydrogen-bond acceptors (Lipinski definition) is 3. The first-order chi connectivity index (χ1) is 12.1. The summed E-state index contributed by atoms with van der Waals surface area (Å²) in [5, 5.41) is 8.69. The van der Waals surface area contributed by atoms with E-state index in [0.29, 0.717) is 17.7 Å². The number of rotatable bonds is 14. The molecule has 0 atom stereocenters. The molecule has 0 fully saturated rings. The summed E-state index contributed by atoms with van der Waals surface area (Å²) in [5.41, 5.74) is 1.73. The number of benzene rings is 1. The number of ketones is 1. The van der Waals surface area contributed by atoms with Crippen molar-refractivity contribution in [3.63, 3.8) is 0 Å².